The van der Waals surface area contributed by atoms with E-state index in [4.69, 9.17) is 0 Å². The fourth-order valence-electron chi connectivity index (χ4n) is 2.35. The van der Waals surface area contributed by atoms with Gasteiger partial charge < -0.3 is 5.32 Å². The average molecular weight is 269 g/mol. The Morgan fingerprint density at radius 2 is 2.39 bits per heavy atom. The lowest BCUT2D eigenvalue weighted by molar-refractivity contribution is 0.453. The second kappa shape index (κ2) is 7.09. The van der Waals surface area contributed by atoms with Crippen LogP contribution in [0.15, 0.2) is 0 Å². The lowest BCUT2D eigenvalue weighted by Gasteiger charge is -2.29. The largest absolute Gasteiger partial charge is 0.312 e. The fraction of sp³-hybridized carbons (Fsp3) is 0.917. The van der Waals surface area contributed by atoms with Crippen molar-refractivity contribution >= 4 is 11.8 Å². The Hall–Kier alpha value is -0.620. The first kappa shape index (κ1) is 13.8. The molecule has 0 spiro atoms. The minimum absolute atomic E-state index is 0.486. The van der Waals surface area contributed by atoms with Gasteiger partial charge in [0.2, 0.25) is 0 Å². The van der Waals surface area contributed by atoms with E-state index in [-0.39, 0.29) is 0 Å². The molecule has 1 aliphatic rings. The van der Waals surface area contributed by atoms with E-state index in [9.17, 15) is 0 Å². The highest BCUT2D eigenvalue weighted by molar-refractivity contribution is 8.00. The molecule has 1 aromatic heterocycles. The van der Waals surface area contributed by atoms with Gasteiger partial charge in [-0.3, -0.25) is 0 Å². The highest BCUT2D eigenvalue weighted by Gasteiger charge is 2.25. The maximum Gasteiger partial charge on any atom is 0.176 e. The summed E-state index contributed by atoms with van der Waals surface area (Å²) in [6.07, 6.45) is 6.10. The molecule has 0 bridgehead atoms. The molecule has 1 fully saturated rings. The Bertz CT molecular complexity index is 348. The van der Waals surface area contributed by atoms with Crippen LogP contribution in [0.5, 0.6) is 0 Å². The van der Waals surface area contributed by atoms with Gasteiger partial charge in [-0.05, 0) is 36.8 Å². The quantitative estimate of drug-likeness (QED) is 0.846. The lowest BCUT2D eigenvalue weighted by atomic mass is 10.0. The van der Waals surface area contributed by atoms with Crippen LogP contribution in [-0.2, 0) is 13.5 Å². The number of nitrogens with zero attached hydrogens (tertiary/aromatic N) is 4. The minimum atomic E-state index is 0.486. The van der Waals surface area contributed by atoms with Crippen molar-refractivity contribution in [1.82, 2.24) is 25.5 Å². The lowest BCUT2D eigenvalue weighted by Crippen LogP contribution is -2.41. The smallest absolute Gasteiger partial charge is 0.176 e. The summed E-state index contributed by atoms with van der Waals surface area (Å²) in [5.74, 6) is 2.15. The van der Waals surface area contributed by atoms with Crippen molar-refractivity contribution < 1.29 is 0 Å². The standard InChI is InChI=1S/C12H23N5S/c1-3-7-13-10(11-6-4-5-8-18-11)9-12-14-16-17(2)15-12/h10-11,13H,3-9H2,1-2H3. The van der Waals surface area contributed by atoms with Crippen LogP contribution >= 0.6 is 11.8 Å². The molecule has 102 valence electrons. The number of hydrogen-bond donors (Lipinski definition) is 1. The van der Waals surface area contributed by atoms with E-state index in [1.165, 1.54) is 31.4 Å². The number of aryl methyl sites for hydroxylation is 1. The van der Waals surface area contributed by atoms with Gasteiger partial charge in [-0.25, -0.2) is 0 Å². The van der Waals surface area contributed by atoms with Gasteiger partial charge in [-0.2, -0.15) is 16.6 Å². The summed E-state index contributed by atoms with van der Waals surface area (Å²) in [5, 5.41) is 16.7. The molecule has 0 amide bonds. The van der Waals surface area contributed by atoms with E-state index in [2.05, 4.69) is 39.4 Å². The third-order valence-electron chi connectivity index (χ3n) is 3.27. The molecule has 1 N–H and O–H groups in total. The first-order valence-electron chi connectivity index (χ1n) is 6.87. The molecular formula is C12H23N5S. The van der Waals surface area contributed by atoms with Gasteiger partial charge in [0.05, 0.1) is 7.05 Å². The number of nitrogens with one attached hydrogen (secondary N) is 1. The predicted octanol–water partition coefficient (Wildman–Crippen LogP) is 1.41. The Labute approximate surface area is 113 Å². The van der Waals surface area contributed by atoms with Crippen molar-refractivity contribution in [3.05, 3.63) is 5.82 Å². The van der Waals surface area contributed by atoms with Gasteiger partial charge in [0.25, 0.3) is 0 Å². The van der Waals surface area contributed by atoms with Gasteiger partial charge in [-0.1, -0.05) is 13.3 Å². The van der Waals surface area contributed by atoms with E-state index in [1.807, 2.05) is 7.05 Å². The molecule has 1 aromatic rings. The molecule has 6 heteroatoms. The zero-order valence-corrected chi connectivity index (χ0v) is 12.1. The van der Waals surface area contributed by atoms with Crippen LogP contribution in [0.25, 0.3) is 0 Å². The van der Waals surface area contributed by atoms with Crippen molar-refractivity contribution in [3.8, 4) is 0 Å². The van der Waals surface area contributed by atoms with E-state index in [0.717, 1.165) is 18.8 Å². The molecule has 0 saturated carbocycles. The fourth-order valence-corrected chi connectivity index (χ4v) is 3.78. The monoisotopic (exact) mass is 269 g/mol. The van der Waals surface area contributed by atoms with Gasteiger partial charge in [0.1, 0.15) is 0 Å². The highest BCUT2D eigenvalue weighted by atomic mass is 32.2. The third-order valence-corrected chi connectivity index (χ3v) is 4.79. The Morgan fingerprint density at radius 3 is 3.00 bits per heavy atom. The van der Waals surface area contributed by atoms with E-state index in [0.29, 0.717) is 11.3 Å². The summed E-state index contributed by atoms with van der Waals surface area (Å²) in [6.45, 7) is 3.28. The average Bonchev–Trinajstić information content (AvgIpc) is 2.81. The maximum absolute atomic E-state index is 4.30. The van der Waals surface area contributed by atoms with Crippen LogP contribution in [0.1, 0.15) is 38.4 Å². The molecule has 2 rings (SSSR count). The molecule has 0 aromatic carbocycles. The first-order valence-corrected chi connectivity index (χ1v) is 7.92. The van der Waals surface area contributed by atoms with Crippen molar-refractivity contribution in [2.75, 3.05) is 12.3 Å². The molecule has 2 unspecified atom stereocenters. The Balaban J connectivity index is 1.94. The van der Waals surface area contributed by atoms with Crippen LogP contribution in [-0.4, -0.2) is 43.8 Å². The predicted molar refractivity (Wildman–Crippen MR) is 74.7 cm³/mol. The number of hydrogen-bond acceptors (Lipinski definition) is 5. The van der Waals surface area contributed by atoms with Crippen LogP contribution in [0.2, 0.25) is 0 Å². The molecule has 1 saturated heterocycles. The summed E-state index contributed by atoms with van der Waals surface area (Å²) < 4.78 is 0. The SMILES string of the molecule is CCCNC(Cc1nnn(C)n1)C1CCCCS1. The van der Waals surface area contributed by atoms with Crippen molar-refractivity contribution in [3.63, 3.8) is 0 Å². The second-order valence-electron chi connectivity index (χ2n) is 4.86. The normalized spacial score (nSPS) is 22.0. The van der Waals surface area contributed by atoms with E-state index in [1.54, 1.807) is 4.80 Å². The maximum atomic E-state index is 4.30. The summed E-state index contributed by atoms with van der Waals surface area (Å²) in [6, 6.07) is 0.486. The molecule has 18 heavy (non-hydrogen) atoms. The number of thioether (sulfide) groups is 1. The zero-order chi connectivity index (χ0) is 12.8. The van der Waals surface area contributed by atoms with E-state index < -0.39 is 0 Å². The second-order valence-corrected chi connectivity index (χ2v) is 6.21. The highest BCUT2D eigenvalue weighted by Crippen LogP contribution is 2.28. The Morgan fingerprint density at radius 1 is 1.50 bits per heavy atom. The summed E-state index contributed by atoms with van der Waals surface area (Å²) in [7, 11) is 1.82. The molecular weight excluding hydrogens is 246 g/mol. The summed E-state index contributed by atoms with van der Waals surface area (Å²) in [5.41, 5.74) is 0. The van der Waals surface area contributed by atoms with Crippen LogP contribution in [0.4, 0.5) is 0 Å². The summed E-state index contributed by atoms with van der Waals surface area (Å²) >= 11 is 2.10. The Kier molecular flexibility index (Phi) is 5.44. The molecule has 5 nitrogen and oxygen atoms in total. The first-order chi connectivity index (χ1) is 8.79. The van der Waals surface area contributed by atoms with Crippen LogP contribution < -0.4 is 5.32 Å². The van der Waals surface area contributed by atoms with E-state index >= 15 is 0 Å². The molecule has 1 aliphatic heterocycles. The third kappa shape index (κ3) is 3.95. The van der Waals surface area contributed by atoms with Gasteiger partial charge in [-0.15, -0.1) is 10.2 Å². The van der Waals surface area contributed by atoms with Crippen molar-refractivity contribution in [2.24, 2.45) is 7.05 Å². The van der Waals surface area contributed by atoms with Crippen molar-refractivity contribution in [2.45, 2.75) is 50.3 Å². The molecule has 2 heterocycles. The minimum Gasteiger partial charge on any atom is -0.312 e. The number of rotatable bonds is 6. The number of tetrazole rings is 1. The molecule has 2 atom stereocenters. The van der Waals surface area contributed by atoms with Crippen molar-refractivity contribution in [1.29, 1.82) is 0 Å². The van der Waals surface area contributed by atoms with Gasteiger partial charge in [0.15, 0.2) is 5.82 Å². The summed E-state index contributed by atoms with van der Waals surface area (Å²) in [4.78, 5) is 1.54. The topological polar surface area (TPSA) is 55.6 Å². The van der Waals surface area contributed by atoms with Crippen LogP contribution in [0.3, 0.4) is 0 Å². The van der Waals surface area contributed by atoms with Crippen LogP contribution in [0, 0.1) is 0 Å². The zero-order valence-electron chi connectivity index (χ0n) is 11.3. The molecule has 0 aliphatic carbocycles. The van der Waals surface area contributed by atoms with Gasteiger partial charge >= 0.3 is 0 Å². The van der Waals surface area contributed by atoms with Gasteiger partial charge in [0, 0.05) is 17.7 Å². The number of aromatic nitrogens is 4. The molecule has 0 radical (unpaired) electrons.